The fourth-order valence-corrected chi connectivity index (χ4v) is 3.78. The SMILES string of the molecule is COCOc1ccc(Cc2c(C)cc(O)c(C)c2C)nc1C(=O)NC[C@H](C)c1ccccc1. The minimum absolute atomic E-state index is 0.0249. The van der Waals surface area contributed by atoms with Gasteiger partial charge in [-0.15, -0.1) is 0 Å². The van der Waals surface area contributed by atoms with E-state index in [9.17, 15) is 9.90 Å². The standard InChI is InChI=1S/C27H32N2O4/c1-17-13-24(30)20(4)19(3)23(17)14-22-11-12-25(33-16-32-5)26(29-22)27(31)28-15-18(2)21-9-7-6-8-10-21/h6-13,18,30H,14-16H2,1-5H3,(H,28,31)/t18-/m0/s1. The molecule has 0 saturated carbocycles. The molecule has 1 aromatic heterocycles. The molecule has 1 atom stereocenters. The molecule has 0 aliphatic carbocycles. The summed E-state index contributed by atoms with van der Waals surface area (Å²) in [5.74, 6) is 0.534. The van der Waals surface area contributed by atoms with Crippen molar-refractivity contribution >= 4 is 5.91 Å². The number of carbonyl (C=O) groups excluding carboxylic acids is 1. The molecule has 1 amide bonds. The number of hydrogen-bond donors (Lipinski definition) is 2. The molecule has 3 aromatic rings. The van der Waals surface area contributed by atoms with Crippen LogP contribution in [0.2, 0.25) is 0 Å². The number of methoxy groups -OCH3 is 1. The van der Waals surface area contributed by atoms with Crippen LogP contribution < -0.4 is 10.1 Å². The smallest absolute Gasteiger partial charge is 0.273 e. The summed E-state index contributed by atoms with van der Waals surface area (Å²) in [5.41, 5.74) is 6.09. The molecule has 2 aromatic carbocycles. The normalized spacial score (nSPS) is 11.8. The van der Waals surface area contributed by atoms with Crippen molar-refractivity contribution < 1.29 is 19.4 Å². The molecule has 0 saturated heterocycles. The van der Waals surface area contributed by atoms with E-state index in [0.29, 0.717) is 18.7 Å². The van der Waals surface area contributed by atoms with E-state index in [1.807, 2.05) is 57.2 Å². The number of benzene rings is 2. The number of ether oxygens (including phenoxy) is 2. The number of hydrogen-bond acceptors (Lipinski definition) is 5. The summed E-state index contributed by atoms with van der Waals surface area (Å²) in [7, 11) is 1.53. The first kappa shape index (κ1) is 24.3. The third-order valence-electron chi connectivity index (χ3n) is 5.99. The van der Waals surface area contributed by atoms with Crippen LogP contribution in [0.4, 0.5) is 0 Å². The van der Waals surface area contributed by atoms with Gasteiger partial charge in [0.2, 0.25) is 0 Å². The second-order valence-electron chi connectivity index (χ2n) is 8.34. The van der Waals surface area contributed by atoms with Gasteiger partial charge in [-0.3, -0.25) is 4.79 Å². The van der Waals surface area contributed by atoms with Crippen molar-refractivity contribution in [3.63, 3.8) is 0 Å². The van der Waals surface area contributed by atoms with Gasteiger partial charge in [0.15, 0.2) is 18.2 Å². The van der Waals surface area contributed by atoms with Crippen LogP contribution in [0.25, 0.3) is 0 Å². The molecular weight excluding hydrogens is 416 g/mol. The molecule has 2 N–H and O–H groups in total. The largest absolute Gasteiger partial charge is 0.508 e. The van der Waals surface area contributed by atoms with Crippen molar-refractivity contribution in [1.29, 1.82) is 0 Å². The fraction of sp³-hybridized carbons (Fsp3) is 0.333. The van der Waals surface area contributed by atoms with E-state index in [1.165, 1.54) is 7.11 Å². The molecule has 0 radical (unpaired) electrons. The Morgan fingerprint density at radius 2 is 1.82 bits per heavy atom. The highest BCUT2D eigenvalue weighted by Gasteiger charge is 2.18. The van der Waals surface area contributed by atoms with Gasteiger partial charge >= 0.3 is 0 Å². The van der Waals surface area contributed by atoms with Gasteiger partial charge in [-0.1, -0.05) is 37.3 Å². The number of nitrogens with one attached hydrogen (secondary N) is 1. The number of rotatable bonds is 9. The van der Waals surface area contributed by atoms with E-state index in [4.69, 9.17) is 9.47 Å². The Morgan fingerprint density at radius 3 is 2.52 bits per heavy atom. The topological polar surface area (TPSA) is 80.7 Å². The van der Waals surface area contributed by atoms with Crippen LogP contribution in [0.1, 0.15) is 56.8 Å². The van der Waals surface area contributed by atoms with Gasteiger partial charge < -0.3 is 19.9 Å². The second kappa shape index (κ2) is 11.0. The Morgan fingerprint density at radius 1 is 1.09 bits per heavy atom. The zero-order chi connectivity index (χ0) is 24.0. The van der Waals surface area contributed by atoms with E-state index in [0.717, 1.165) is 33.5 Å². The lowest BCUT2D eigenvalue weighted by molar-refractivity contribution is 0.0497. The van der Waals surface area contributed by atoms with Crippen molar-refractivity contribution in [3.8, 4) is 11.5 Å². The number of carbonyl (C=O) groups is 1. The molecule has 0 unspecified atom stereocenters. The van der Waals surface area contributed by atoms with E-state index in [-0.39, 0.29) is 30.1 Å². The monoisotopic (exact) mass is 448 g/mol. The molecule has 0 bridgehead atoms. The lowest BCUT2D eigenvalue weighted by atomic mass is 9.94. The summed E-state index contributed by atoms with van der Waals surface area (Å²) in [6.07, 6.45) is 0.546. The predicted octanol–water partition coefficient (Wildman–Crippen LogP) is 4.82. The van der Waals surface area contributed by atoms with Crippen LogP contribution in [0.5, 0.6) is 11.5 Å². The molecule has 0 aliphatic heterocycles. The number of phenols is 1. The van der Waals surface area contributed by atoms with Crippen LogP contribution in [-0.4, -0.2) is 36.4 Å². The Kier molecular flexibility index (Phi) is 8.06. The van der Waals surface area contributed by atoms with E-state index < -0.39 is 0 Å². The first-order valence-corrected chi connectivity index (χ1v) is 11.0. The summed E-state index contributed by atoms with van der Waals surface area (Å²) in [6.45, 7) is 8.43. The fourth-order valence-electron chi connectivity index (χ4n) is 3.78. The maximum Gasteiger partial charge on any atom is 0.273 e. The highest BCUT2D eigenvalue weighted by Crippen LogP contribution is 2.28. The van der Waals surface area contributed by atoms with Gasteiger partial charge in [0.25, 0.3) is 5.91 Å². The summed E-state index contributed by atoms with van der Waals surface area (Å²) >= 11 is 0. The number of nitrogens with zero attached hydrogens (tertiary/aromatic N) is 1. The summed E-state index contributed by atoms with van der Waals surface area (Å²) in [5, 5.41) is 13.1. The van der Waals surface area contributed by atoms with Crippen molar-refractivity contribution in [2.45, 2.75) is 40.0 Å². The van der Waals surface area contributed by atoms with Gasteiger partial charge in [-0.2, -0.15) is 0 Å². The lowest BCUT2D eigenvalue weighted by Gasteiger charge is -2.16. The molecule has 174 valence electrons. The number of aromatic nitrogens is 1. The summed E-state index contributed by atoms with van der Waals surface area (Å²) < 4.78 is 10.6. The van der Waals surface area contributed by atoms with Crippen molar-refractivity contribution in [1.82, 2.24) is 10.3 Å². The second-order valence-corrected chi connectivity index (χ2v) is 8.34. The van der Waals surface area contributed by atoms with Crippen LogP contribution >= 0.6 is 0 Å². The molecule has 0 fully saturated rings. The third-order valence-corrected chi connectivity index (χ3v) is 5.99. The number of phenolic OH excluding ortho intramolecular Hbond substituents is 1. The van der Waals surface area contributed by atoms with Crippen molar-refractivity contribution in [2.75, 3.05) is 20.4 Å². The van der Waals surface area contributed by atoms with Crippen molar-refractivity contribution in [2.24, 2.45) is 0 Å². The maximum absolute atomic E-state index is 13.1. The first-order valence-electron chi connectivity index (χ1n) is 11.0. The van der Waals surface area contributed by atoms with E-state index in [1.54, 1.807) is 12.1 Å². The molecular formula is C27H32N2O4. The zero-order valence-electron chi connectivity index (χ0n) is 19.9. The first-order chi connectivity index (χ1) is 15.8. The highest BCUT2D eigenvalue weighted by atomic mass is 16.7. The van der Waals surface area contributed by atoms with Gasteiger partial charge in [0.05, 0.1) is 0 Å². The highest BCUT2D eigenvalue weighted by molar-refractivity contribution is 5.95. The molecule has 0 aliphatic rings. The molecule has 3 rings (SSSR count). The Hall–Kier alpha value is -3.38. The molecule has 1 heterocycles. The van der Waals surface area contributed by atoms with Gasteiger partial charge in [0.1, 0.15) is 5.75 Å². The number of aryl methyl sites for hydroxylation is 1. The Bertz CT molecular complexity index is 1110. The van der Waals surface area contributed by atoms with Crippen LogP contribution in [-0.2, 0) is 11.2 Å². The average Bonchev–Trinajstić information content (AvgIpc) is 2.83. The van der Waals surface area contributed by atoms with E-state index >= 15 is 0 Å². The van der Waals surface area contributed by atoms with Gasteiger partial charge in [-0.25, -0.2) is 4.98 Å². The third kappa shape index (κ3) is 5.90. The molecule has 0 spiro atoms. The number of amides is 1. The van der Waals surface area contributed by atoms with Crippen LogP contribution in [0.3, 0.4) is 0 Å². The predicted molar refractivity (Wildman–Crippen MR) is 129 cm³/mol. The quantitative estimate of drug-likeness (QED) is 0.459. The van der Waals surface area contributed by atoms with Crippen molar-refractivity contribution in [3.05, 3.63) is 87.7 Å². The summed E-state index contributed by atoms with van der Waals surface area (Å²) in [4.78, 5) is 17.7. The van der Waals surface area contributed by atoms with E-state index in [2.05, 4.69) is 17.2 Å². The maximum atomic E-state index is 13.1. The minimum atomic E-state index is -0.291. The lowest BCUT2D eigenvalue weighted by Crippen LogP contribution is -2.29. The number of aromatic hydroxyl groups is 1. The minimum Gasteiger partial charge on any atom is -0.508 e. The van der Waals surface area contributed by atoms with Crippen LogP contribution in [0, 0.1) is 20.8 Å². The Labute approximate surface area is 195 Å². The van der Waals surface area contributed by atoms with Crippen LogP contribution in [0.15, 0.2) is 48.5 Å². The summed E-state index contributed by atoms with van der Waals surface area (Å²) in [6, 6.07) is 15.4. The zero-order valence-corrected chi connectivity index (χ0v) is 19.9. The average molecular weight is 449 g/mol. The van der Waals surface area contributed by atoms with Gasteiger partial charge in [-0.05, 0) is 72.7 Å². The molecule has 6 nitrogen and oxygen atoms in total. The Balaban J connectivity index is 1.84. The van der Waals surface area contributed by atoms with Gasteiger partial charge in [0, 0.05) is 25.8 Å². The molecule has 6 heteroatoms. The number of pyridine rings is 1. The molecule has 33 heavy (non-hydrogen) atoms.